The Morgan fingerprint density at radius 1 is 1.24 bits per heavy atom. The summed E-state index contributed by atoms with van der Waals surface area (Å²) in [6, 6.07) is 14.6. The van der Waals surface area contributed by atoms with E-state index in [2.05, 4.69) is 64.4 Å². The molecule has 0 radical (unpaired) electrons. The van der Waals surface area contributed by atoms with Crippen LogP contribution in [0.3, 0.4) is 0 Å². The van der Waals surface area contributed by atoms with Gasteiger partial charge in [-0.25, -0.2) is 0 Å². The molecule has 0 fully saturated rings. The third kappa shape index (κ3) is 3.79. The highest BCUT2D eigenvalue weighted by Gasteiger charge is 2.16. The molecule has 21 heavy (non-hydrogen) atoms. The maximum atomic E-state index is 6.31. The third-order valence-electron chi connectivity index (χ3n) is 3.71. The van der Waals surface area contributed by atoms with E-state index in [1.807, 2.05) is 25.2 Å². The first kappa shape index (κ1) is 16.3. The average molecular weight is 368 g/mol. The molecule has 2 aromatic rings. The van der Waals surface area contributed by atoms with Crippen molar-refractivity contribution in [2.24, 2.45) is 0 Å². The Bertz CT molecular complexity index is 615. The van der Waals surface area contributed by atoms with Crippen molar-refractivity contribution in [3.8, 4) is 0 Å². The van der Waals surface area contributed by atoms with E-state index >= 15 is 0 Å². The number of nitrogens with zero attached hydrogens (tertiary/aromatic N) is 1. The van der Waals surface area contributed by atoms with E-state index < -0.39 is 0 Å². The zero-order valence-electron chi connectivity index (χ0n) is 12.5. The van der Waals surface area contributed by atoms with Crippen LogP contribution in [0.5, 0.6) is 0 Å². The van der Waals surface area contributed by atoms with Gasteiger partial charge in [0.2, 0.25) is 0 Å². The molecule has 0 heterocycles. The monoisotopic (exact) mass is 366 g/mol. The van der Waals surface area contributed by atoms with Gasteiger partial charge in [-0.05, 0) is 59.2 Å². The van der Waals surface area contributed by atoms with Crippen LogP contribution in [0.1, 0.15) is 24.1 Å². The molecular weight excluding hydrogens is 348 g/mol. The molecule has 0 aromatic heterocycles. The third-order valence-corrected chi connectivity index (χ3v) is 4.69. The first-order valence-corrected chi connectivity index (χ1v) is 8.12. The maximum Gasteiger partial charge on any atom is 0.0526 e. The molecule has 0 aliphatic carbocycles. The fourth-order valence-electron chi connectivity index (χ4n) is 2.38. The molecule has 112 valence electrons. The molecule has 0 spiro atoms. The molecule has 1 unspecified atom stereocenters. The number of benzene rings is 2. The highest BCUT2D eigenvalue weighted by atomic mass is 79.9. The first-order valence-electron chi connectivity index (χ1n) is 6.95. The minimum absolute atomic E-state index is 0.199. The number of hydrogen-bond acceptors (Lipinski definition) is 2. The van der Waals surface area contributed by atoms with Crippen LogP contribution in [-0.2, 0) is 6.54 Å². The Morgan fingerprint density at radius 2 is 1.95 bits per heavy atom. The lowest BCUT2D eigenvalue weighted by molar-refractivity contribution is 0.737. The lowest BCUT2D eigenvalue weighted by Gasteiger charge is -2.29. The highest BCUT2D eigenvalue weighted by Crippen LogP contribution is 2.34. The van der Waals surface area contributed by atoms with Crippen LogP contribution in [0, 0.1) is 0 Å². The number of nitrogens with one attached hydrogen (secondary N) is 1. The molecule has 2 nitrogen and oxygen atoms in total. The van der Waals surface area contributed by atoms with Gasteiger partial charge in [0, 0.05) is 23.1 Å². The van der Waals surface area contributed by atoms with E-state index in [4.69, 9.17) is 11.6 Å². The second-order valence-corrected chi connectivity index (χ2v) is 6.39. The Balaban J connectivity index is 2.27. The Kier molecular flexibility index (Phi) is 5.68. The molecule has 0 saturated heterocycles. The van der Waals surface area contributed by atoms with Gasteiger partial charge in [0.25, 0.3) is 0 Å². The van der Waals surface area contributed by atoms with Gasteiger partial charge in [0.05, 0.1) is 11.7 Å². The van der Waals surface area contributed by atoms with E-state index in [-0.39, 0.29) is 6.04 Å². The van der Waals surface area contributed by atoms with Crippen molar-refractivity contribution < 1.29 is 0 Å². The number of anilines is 1. The predicted octanol–water partition coefficient (Wildman–Crippen LogP) is 5.02. The van der Waals surface area contributed by atoms with Gasteiger partial charge in [-0.1, -0.05) is 35.9 Å². The summed E-state index contributed by atoms with van der Waals surface area (Å²) in [6.45, 7) is 3.03. The van der Waals surface area contributed by atoms with E-state index in [1.165, 1.54) is 5.56 Å². The van der Waals surface area contributed by atoms with Gasteiger partial charge in [0.1, 0.15) is 0 Å². The topological polar surface area (TPSA) is 15.3 Å². The van der Waals surface area contributed by atoms with Gasteiger partial charge < -0.3 is 10.2 Å². The van der Waals surface area contributed by atoms with Gasteiger partial charge in [0.15, 0.2) is 0 Å². The Morgan fingerprint density at radius 3 is 2.57 bits per heavy atom. The molecule has 0 amide bonds. The summed E-state index contributed by atoms with van der Waals surface area (Å²) < 4.78 is 1.09. The number of halogens is 2. The summed E-state index contributed by atoms with van der Waals surface area (Å²) in [5.41, 5.74) is 3.54. The van der Waals surface area contributed by atoms with Gasteiger partial charge >= 0.3 is 0 Å². The van der Waals surface area contributed by atoms with Crippen LogP contribution in [0.15, 0.2) is 46.9 Å². The van der Waals surface area contributed by atoms with E-state index in [1.54, 1.807) is 0 Å². The van der Waals surface area contributed by atoms with Gasteiger partial charge in [-0.3, -0.25) is 0 Å². The van der Waals surface area contributed by atoms with E-state index in [0.29, 0.717) is 0 Å². The van der Waals surface area contributed by atoms with Crippen molar-refractivity contribution in [3.05, 3.63) is 63.1 Å². The Hall–Kier alpha value is -1.03. The molecule has 1 atom stereocenters. The largest absolute Gasteiger partial charge is 0.367 e. The van der Waals surface area contributed by atoms with Crippen LogP contribution < -0.4 is 10.2 Å². The van der Waals surface area contributed by atoms with E-state index in [0.717, 1.165) is 27.3 Å². The zero-order chi connectivity index (χ0) is 15.4. The molecule has 0 bridgehead atoms. The lowest BCUT2D eigenvalue weighted by atomic mass is 10.1. The quantitative estimate of drug-likeness (QED) is 0.798. The summed E-state index contributed by atoms with van der Waals surface area (Å²) >= 11 is 9.98. The summed E-state index contributed by atoms with van der Waals surface area (Å²) in [6.07, 6.45) is 0. The fourth-order valence-corrected chi connectivity index (χ4v) is 3.38. The highest BCUT2D eigenvalue weighted by molar-refractivity contribution is 9.10. The summed E-state index contributed by atoms with van der Waals surface area (Å²) in [7, 11) is 4.04. The molecule has 1 N–H and O–H groups in total. The van der Waals surface area contributed by atoms with Crippen molar-refractivity contribution in [1.29, 1.82) is 0 Å². The van der Waals surface area contributed by atoms with Crippen molar-refractivity contribution in [2.75, 3.05) is 19.0 Å². The molecule has 4 heteroatoms. The SMILES string of the molecule is CNCc1ccc(N(C)C(C)c2ccccc2Cl)c(Br)c1. The fraction of sp³-hybridized carbons (Fsp3) is 0.294. The van der Waals surface area contributed by atoms with Crippen molar-refractivity contribution >= 4 is 33.2 Å². The van der Waals surface area contributed by atoms with Crippen LogP contribution in [0.2, 0.25) is 5.02 Å². The van der Waals surface area contributed by atoms with Gasteiger partial charge in [-0.2, -0.15) is 0 Å². The molecular formula is C17H20BrClN2. The number of rotatable bonds is 5. The minimum Gasteiger partial charge on any atom is -0.367 e. The van der Waals surface area contributed by atoms with Crippen LogP contribution in [-0.4, -0.2) is 14.1 Å². The Labute approximate surface area is 140 Å². The summed E-state index contributed by atoms with van der Waals surface area (Å²) in [4.78, 5) is 2.23. The van der Waals surface area contributed by atoms with Crippen molar-refractivity contribution in [2.45, 2.75) is 19.5 Å². The smallest absolute Gasteiger partial charge is 0.0526 e. The minimum atomic E-state index is 0.199. The molecule has 0 saturated carbocycles. The number of hydrogen-bond donors (Lipinski definition) is 1. The average Bonchev–Trinajstić information content (AvgIpc) is 2.47. The molecule has 0 aliphatic rings. The van der Waals surface area contributed by atoms with Gasteiger partial charge in [-0.15, -0.1) is 0 Å². The standard InChI is InChI=1S/C17H20BrClN2/c1-12(14-6-4-5-7-16(14)19)21(3)17-9-8-13(11-20-2)10-15(17)18/h4-10,12,20H,11H2,1-3H3. The zero-order valence-corrected chi connectivity index (χ0v) is 14.9. The first-order chi connectivity index (χ1) is 10.0. The van der Waals surface area contributed by atoms with Crippen molar-refractivity contribution in [3.63, 3.8) is 0 Å². The predicted molar refractivity (Wildman–Crippen MR) is 95.2 cm³/mol. The van der Waals surface area contributed by atoms with Crippen LogP contribution in [0.25, 0.3) is 0 Å². The molecule has 0 aliphatic heterocycles. The molecule has 2 rings (SSSR count). The van der Waals surface area contributed by atoms with Crippen LogP contribution >= 0.6 is 27.5 Å². The summed E-state index contributed by atoms with van der Waals surface area (Å²) in [5.74, 6) is 0. The normalized spacial score (nSPS) is 12.2. The maximum absolute atomic E-state index is 6.31. The summed E-state index contributed by atoms with van der Waals surface area (Å²) in [5, 5.41) is 3.97. The second-order valence-electron chi connectivity index (χ2n) is 5.12. The molecule has 2 aromatic carbocycles. The van der Waals surface area contributed by atoms with E-state index in [9.17, 15) is 0 Å². The van der Waals surface area contributed by atoms with Crippen LogP contribution in [0.4, 0.5) is 5.69 Å². The van der Waals surface area contributed by atoms with Crippen molar-refractivity contribution in [1.82, 2.24) is 5.32 Å². The second kappa shape index (κ2) is 7.30. The lowest BCUT2D eigenvalue weighted by Crippen LogP contribution is -2.22.